The van der Waals surface area contributed by atoms with Crippen molar-refractivity contribution in [1.82, 2.24) is 15.1 Å². The molecule has 0 aromatic rings. The summed E-state index contributed by atoms with van der Waals surface area (Å²) < 4.78 is 0. The Balaban J connectivity index is 2.40. The average Bonchev–Trinajstić information content (AvgIpc) is 1.94. The number of hydrogen-bond acceptors (Lipinski definition) is 3. The maximum Gasteiger partial charge on any atom is 0.237 e. The topological polar surface area (TPSA) is 35.6 Å². The number of rotatable bonds is 4. The number of hydrogen-bond donors (Lipinski definition) is 1. The van der Waals surface area contributed by atoms with Crippen molar-refractivity contribution < 1.29 is 4.79 Å². The molecule has 0 bridgehead atoms. The Morgan fingerprint density at radius 1 is 1.46 bits per heavy atom. The number of carbonyl (C=O) groups is 1. The molecule has 4 nitrogen and oxygen atoms in total. The van der Waals surface area contributed by atoms with E-state index in [1.165, 1.54) is 0 Å². The number of nitrogens with zero attached hydrogens (tertiary/aromatic N) is 2. The van der Waals surface area contributed by atoms with Crippen LogP contribution in [0.25, 0.3) is 0 Å². The van der Waals surface area contributed by atoms with Crippen LogP contribution in [0.3, 0.4) is 0 Å². The zero-order valence-corrected chi connectivity index (χ0v) is 8.71. The maximum atomic E-state index is 11.7. The van der Waals surface area contributed by atoms with E-state index in [9.17, 15) is 4.79 Å². The van der Waals surface area contributed by atoms with Crippen molar-refractivity contribution in [1.29, 1.82) is 0 Å². The summed E-state index contributed by atoms with van der Waals surface area (Å²) in [6.45, 7) is 5.27. The number of carbonyl (C=O) groups excluding carboxylic acids is 1. The molecule has 0 radical (unpaired) electrons. The Labute approximate surface area is 79.9 Å². The molecule has 0 saturated carbocycles. The second kappa shape index (κ2) is 4.58. The third kappa shape index (κ3) is 2.67. The molecule has 1 aliphatic rings. The van der Waals surface area contributed by atoms with Crippen molar-refractivity contribution >= 4 is 5.91 Å². The van der Waals surface area contributed by atoms with E-state index in [0.29, 0.717) is 12.6 Å². The van der Waals surface area contributed by atoms with Gasteiger partial charge < -0.3 is 15.1 Å². The smallest absolute Gasteiger partial charge is 0.237 e. The maximum absolute atomic E-state index is 11.7. The van der Waals surface area contributed by atoms with Crippen LogP contribution in [0.4, 0.5) is 0 Å². The molecule has 0 aromatic carbocycles. The van der Waals surface area contributed by atoms with Crippen LogP contribution in [-0.4, -0.2) is 62.0 Å². The van der Waals surface area contributed by atoms with Crippen LogP contribution in [0.1, 0.15) is 6.92 Å². The van der Waals surface area contributed by atoms with E-state index in [4.69, 9.17) is 0 Å². The molecule has 0 unspecified atom stereocenters. The summed E-state index contributed by atoms with van der Waals surface area (Å²) in [5.74, 6) is 0.235. The lowest BCUT2D eigenvalue weighted by molar-refractivity contribution is -0.134. The van der Waals surface area contributed by atoms with Crippen LogP contribution >= 0.6 is 0 Å². The minimum atomic E-state index is 0.235. The molecular weight excluding hydrogens is 166 g/mol. The van der Waals surface area contributed by atoms with Gasteiger partial charge in [0.25, 0.3) is 0 Å². The Kier molecular flexibility index (Phi) is 3.69. The van der Waals surface area contributed by atoms with Crippen molar-refractivity contribution in [2.45, 2.75) is 13.0 Å². The quantitative estimate of drug-likeness (QED) is 0.633. The third-order valence-corrected chi connectivity index (χ3v) is 2.31. The minimum Gasteiger partial charge on any atom is -0.336 e. The average molecular weight is 185 g/mol. The first-order valence-corrected chi connectivity index (χ1v) is 4.80. The number of nitrogens with one attached hydrogen (secondary N) is 1. The molecule has 13 heavy (non-hydrogen) atoms. The molecule has 76 valence electrons. The molecule has 1 heterocycles. The summed E-state index contributed by atoms with van der Waals surface area (Å²) in [6, 6.07) is 0.428. The summed E-state index contributed by atoms with van der Waals surface area (Å²) in [4.78, 5) is 15.5. The highest BCUT2D eigenvalue weighted by Gasteiger charge is 2.26. The lowest BCUT2D eigenvalue weighted by Crippen LogP contribution is -2.59. The highest BCUT2D eigenvalue weighted by molar-refractivity contribution is 5.78. The summed E-state index contributed by atoms with van der Waals surface area (Å²) in [6.07, 6.45) is 0. The van der Waals surface area contributed by atoms with Crippen LogP contribution in [0.5, 0.6) is 0 Å². The lowest BCUT2D eigenvalue weighted by atomic mass is 10.1. The van der Waals surface area contributed by atoms with Gasteiger partial charge in [0.1, 0.15) is 0 Å². The monoisotopic (exact) mass is 185 g/mol. The van der Waals surface area contributed by atoms with E-state index in [1.807, 2.05) is 30.8 Å². The fraction of sp³-hybridized carbons (Fsp3) is 0.889. The molecule has 0 atom stereocenters. The molecule has 4 heteroatoms. The highest BCUT2D eigenvalue weighted by Crippen LogP contribution is 2.05. The Morgan fingerprint density at radius 3 is 2.38 bits per heavy atom. The van der Waals surface area contributed by atoms with Gasteiger partial charge in [0.05, 0.1) is 12.6 Å². The number of likely N-dealkylation sites (N-methyl/N-ethyl adjacent to an activating group) is 2. The second-order valence-corrected chi connectivity index (χ2v) is 3.73. The molecule has 1 N–H and O–H groups in total. The number of amides is 1. The van der Waals surface area contributed by atoms with Crippen LogP contribution < -0.4 is 5.32 Å². The summed E-state index contributed by atoms with van der Waals surface area (Å²) in [5, 5.41) is 3.18. The first-order valence-electron chi connectivity index (χ1n) is 4.80. The molecular formula is C9H19N3O. The molecule has 1 fully saturated rings. The molecule has 1 rings (SSSR count). The van der Waals surface area contributed by atoms with Gasteiger partial charge in [-0.05, 0) is 21.0 Å². The molecule has 0 aromatic heterocycles. The molecule has 1 aliphatic heterocycles. The Morgan fingerprint density at radius 2 is 2.08 bits per heavy atom. The summed E-state index contributed by atoms with van der Waals surface area (Å²) >= 11 is 0. The van der Waals surface area contributed by atoms with Gasteiger partial charge >= 0.3 is 0 Å². The molecule has 1 amide bonds. The van der Waals surface area contributed by atoms with Gasteiger partial charge in [0.2, 0.25) is 5.91 Å². The fourth-order valence-corrected chi connectivity index (χ4v) is 1.49. The van der Waals surface area contributed by atoms with E-state index < -0.39 is 0 Å². The van der Waals surface area contributed by atoms with E-state index in [-0.39, 0.29) is 5.91 Å². The molecule has 0 spiro atoms. The van der Waals surface area contributed by atoms with Crippen LogP contribution in [0.2, 0.25) is 0 Å². The zero-order valence-electron chi connectivity index (χ0n) is 8.71. The normalized spacial score (nSPS) is 17.2. The highest BCUT2D eigenvalue weighted by atomic mass is 16.2. The summed E-state index contributed by atoms with van der Waals surface area (Å²) in [5.41, 5.74) is 0. The SMILES string of the molecule is CCN(C(=O)CN(C)C)C1CNC1. The van der Waals surface area contributed by atoms with Crippen LogP contribution in [0.15, 0.2) is 0 Å². The van der Waals surface area contributed by atoms with E-state index in [1.54, 1.807) is 0 Å². The lowest BCUT2D eigenvalue weighted by Gasteiger charge is -2.38. The second-order valence-electron chi connectivity index (χ2n) is 3.73. The van der Waals surface area contributed by atoms with Crippen molar-refractivity contribution in [3.05, 3.63) is 0 Å². The van der Waals surface area contributed by atoms with Gasteiger partial charge in [-0.15, -0.1) is 0 Å². The first-order chi connectivity index (χ1) is 6.15. The minimum absolute atomic E-state index is 0.235. The van der Waals surface area contributed by atoms with Crippen molar-refractivity contribution in [3.63, 3.8) is 0 Å². The third-order valence-electron chi connectivity index (χ3n) is 2.31. The van der Waals surface area contributed by atoms with Gasteiger partial charge in [0.15, 0.2) is 0 Å². The zero-order chi connectivity index (χ0) is 9.84. The first kappa shape index (κ1) is 10.5. The predicted octanol–water partition coefficient (Wildman–Crippen LogP) is -0.632. The van der Waals surface area contributed by atoms with Gasteiger partial charge in [-0.1, -0.05) is 0 Å². The standard InChI is InChI=1S/C9H19N3O/c1-4-12(8-5-10-6-8)9(13)7-11(2)3/h8,10H,4-7H2,1-3H3. The van der Waals surface area contributed by atoms with Gasteiger partial charge in [-0.25, -0.2) is 0 Å². The Hall–Kier alpha value is -0.610. The fourth-order valence-electron chi connectivity index (χ4n) is 1.49. The van der Waals surface area contributed by atoms with Crippen LogP contribution in [-0.2, 0) is 4.79 Å². The van der Waals surface area contributed by atoms with Gasteiger partial charge in [0, 0.05) is 19.6 Å². The Bertz CT molecular complexity index is 178. The van der Waals surface area contributed by atoms with Gasteiger partial charge in [-0.2, -0.15) is 0 Å². The van der Waals surface area contributed by atoms with E-state index in [0.717, 1.165) is 19.6 Å². The van der Waals surface area contributed by atoms with Crippen molar-refractivity contribution in [2.24, 2.45) is 0 Å². The summed E-state index contributed by atoms with van der Waals surface area (Å²) in [7, 11) is 3.84. The molecule has 1 saturated heterocycles. The van der Waals surface area contributed by atoms with Gasteiger partial charge in [-0.3, -0.25) is 4.79 Å². The van der Waals surface area contributed by atoms with E-state index >= 15 is 0 Å². The predicted molar refractivity (Wildman–Crippen MR) is 52.6 cm³/mol. The van der Waals surface area contributed by atoms with Crippen molar-refractivity contribution in [2.75, 3.05) is 40.3 Å². The van der Waals surface area contributed by atoms with E-state index in [2.05, 4.69) is 5.32 Å². The van der Waals surface area contributed by atoms with Crippen molar-refractivity contribution in [3.8, 4) is 0 Å². The molecule has 0 aliphatic carbocycles. The van der Waals surface area contributed by atoms with Crippen LogP contribution in [0, 0.1) is 0 Å². The largest absolute Gasteiger partial charge is 0.336 e.